The number of hydrogen-bond acceptors (Lipinski definition) is 4. The van der Waals surface area contributed by atoms with Gasteiger partial charge in [0.25, 0.3) is 0 Å². The van der Waals surface area contributed by atoms with Gasteiger partial charge in [-0.3, -0.25) is 4.79 Å². The number of nitrogens with zero attached hydrogens (tertiary/aromatic N) is 2. The van der Waals surface area contributed by atoms with E-state index in [2.05, 4.69) is 15.2 Å². The smallest absolute Gasteiger partial charge is 0.230 e. The van der Waals surface area contributed by atoms with Crippen molar-refractivity contribution >= 4 is 34.5 Å². The van der Waals surface area contributed by atoms with Crippen molar-refractivity contribution in [2.75, 3.05) is 19.4 Å². The lowest BCUT2D eigenvalue weighted by molar-refractivity contribution is -0.115. The molecule has 0 aliphatic heterocycles. The molecule has 21 heavy (non-hydrogen) atoms. The van der Waals surface area contributed by atoms with Gasteiger partial charge in [-0.05, 0) is 44.8 Å². The summed E-state index contributed by atoms with van der Waals surface area (Å²) in [5.41, 5.74) is 2.54. The molecular weight excluding hydrogens is 306 g/mol. The van der Waals surface area contributed by atoms with Crippen LogP contribution in [0.15, 0.2) is 23.6 Å². The average molecular weight is 324 g/mol. The maximum absolute atomic E-state index is 12.1. The standard InChI is InChI=1S/C15H18ClN3OS/c1-10-6-11(16)4-5-13(10)18-14(20)7-12-9-21-15(17-12)8-19(2)3/h4-6,9H,7-8H2,1-3H3,(H,18,20). The highest BCUT2D eigenvalue weighted by Gasteiger charge is 2.10. The fourth-order valence-electron chi connectivity index (χ4n) is 1.90. The summed E-state index contributed by atoms with van der Waals surface area (Å²) in [6.07, 6.45) is 0.284. The number of thiazole rings is 1. The monoisotopic (exact) mass is 323 g/mol. The molecule has 1 aromatic carbocycles. The van der Waals surface area contributed by atoms with Crippen LogP contribution in [0.3, 0.4) is 0 Å². The molecule has 4 nitrogen and oxygen atoms in total. The van der Waals surface area contributed by atoms with E-state index in [4.69, 9.17) is 11.6 Å². The molecule has 1 heterocycles. The van der Waals surface area contributed by atoms with Crippen LogP contribution in [0.1, 0.15) is 16.3 Å². The molecular formula is C15H18ClN3OS. The van der Waals surface area contributed by atoms with E-state index < -0.39 is 0 Å². The number of aryl methyl sites for hydroxylation is 1. The largest absolute Gasteiger partial charge is 0.326 e. The lowest BCUT2D eigenvalue weighted by Crippen LogP contribution is -2.15. The van der Waals surface area contributed by atoms with E-state index in [0.717, 1.165) is 28.5 Å². The molecule has 1 amide bonds. The first-order chi connectivity index (χ1) is 9.94. The van der Waals surface area contributed by atoms with Crippen LogP contribution < -0.4 is 5.32 Å². The van der Waals surface area contributed by atoms with E-state index in [0.29, 0.717) is 5.02 Å². The summed E-state index contributed by atoms with van der Waals surface area (Å²) in [5.74, 6) is -0.0675. The Labute approximate surface area is 133 Å². The van der Waals surface area contributed by atoms with Crippen LogP contribution in [-0.2, 0) is 17.8 Å². The molecule has 6 heteroatoms. The minimum atomic E-state index is -0.0675. The van der Waals surface area contributed by atoms with Gasteiger partial charge in [0.2, 0.25) is 5.91 Å². The van der Waals surface area contributed by atoms with Gasteiger partial charge in [-0.25, -0.2) is 4.98 Å². The van der Waals surface area contributed by atoms with Gasteiger partial charge in [-0.2, -0.15) is 0 Å². The van der Waals surface area contributed by atoms with Crippen molar-refractivity contribution in [1.29, 1.82) is 0 Å². The first-order valence-electron chi connectivity index (χ1n) is 6.58. The average Bonchev–Trinajstić information content (AvgIpc) is 2.79. The van der Waals surface area contributed by atoms with Gasteiger partial charge < -0.3 is 10.2 Å². The van der Waals surface area contributed by atoms with Crippen molar-refractivity contribution in [2.24, 2.45) is 0 Å². The highest BCUT2D eigenvalue weighted by Crippen LogP contribution is 2.20. The van der Waals surface area contributed by atoms with Crippen molar-refractivity contribution in [3.8, 4) is 0 Å². The van der Waals surface area contributed by atoms with Crippen molar-refractivity contribution in [2.45, 2.75) is 19.9 Å². The molecule has 2 rings (SSSR count). The molecule has 0 saturated carbocycles. The Bertz CT molecular complexity index is 640. The fraction of sp³-hybridized carbons (Fsp3) is 0.333. The third-order valence-corrected chi connectivity index (χ3v) is 3.97. The number of anilines is 1. The summed E-state index contributed by atoms with van der Waals surface area (Å²) in [6.45, 7) is 2.71. The van der Waals surface area contributed by atoms with Gasteiger partial charge >= 0.3 is 0 Å². The summed E-state index contributed by atoms with van der Waals surface area (Å²) in [7, 11) is 3.99. The second-order valence-electron chi connectivity index (χ2n) is 5.15. The van der Waals surface area contributed by atoms with E-state index in [9.17, 15) is 4.79 Å². The van der Waals surface area contributed by atoms with E-state index in [1.807, 2.05) is 38.5 Å². The number of amides is 1. The van der Waals surface area contributed by atoms with Crippen molar-refractivity contribution in [3.63, 3.8) is 0 Å². The molecule has 0 aliphatic carbocycles. The summed E-state index contributed by atoms with van der Waals surface area (Å²) in [5, 5.41) is 6.51. The summed E-state index contributed by atoms with van der Waals surface area (Å²) in [6, 6.07) is 5.41. The quantitative estimate of drug-likeness (QED) is 0.917. The first-order valence-corrected chi connectivity index (χ1v) is 7.84. The molecule has 0 saturated heterocycles. The third kappa shape index (κ3) is 4.81. The lowest BCUT2D eigenvalue weighted by atomic mass is 10.2. The molecule has 112 valence electrons. The van der Waals surface area contributed by atoms with E-state index >= 15 is 0 Å². The van der Waals surface area contributed by atoms with Crippen molar-refractivity contribution < 1.29 is 4.79 Å². The van der Waals surface area contributed by atoms with Gasteiger partial charge in [-0.15, -0.1) is 11.3 Å². The van der Waals surface area contributed by atoms with Gasteiger partial charge in [0, 0.05) is 22.6 Å². The van der Waals surface area contributed by atoms with Gasteiger partial charge in [0.05, 0.1) is 12.1 Å². The molecule has 0 atom stereocenters. The topological polar surface area (TPSA) is 45.2 Å². The number of carbonyl (C=O) groups excluding carboxylic acids is 1. The van der Waals surface area contributed by atoms with Crippen LogP contribution in [0.2, 0.25) is 5.02 Å². The SMILES string of the molecule is Cc1cc(Cl)ccc1NC(=O)Cc1csc(CN(C)C)n1. The molecule has 0 radical (unpaired) electrons. The third-order valence-electron chi connectivity index (χ3n) is 2.86. The summed E-state index contributed by atoms with van der Waals surface area (Å²) < 4.78 is 0. The second kappa shape index (κ2) is 7.02. The zero-order valence-corrected chi connectivity index (χ0v) is 13.9. The molecule has 0 spiro atoms. The number of benzene rings is 1. The minimum absolute atomic E-state index is 0.0675. The maximum atomic E-state index is 12.1. The Morgan fingerprint density at radius 1 is 1.43 bits per heavy atom. The summed E-state index contributed by atoms with van der Waals surface area (Å²) in [4.78, 5) is 18.6. The molecule has 0 aliphatic rings. The fourth-order valence-corrected chi connectivity index (χ4v) is 3.04. The predicted octanol–water partition coefficient (Wildman–Crippen LogP) is 3.35. The highest BCUT2D eigenvalue weighted by atomic mass is 35.5. The molecule has 0 unspecified atom stereocenters. The van der Waals surface area contributed by atoms with Crippen LogP contribution in [0.4, 0.5) is 5.69 Å². The molecule has 0 fully saturated rings. The molecule has 0 bridgehead atoms. The van der Waals surface area contributed by atoms with Crippen LogP contribution >= 0.6 is 22.9 Å². The van der Waals surface area contributed by atoms with Gasteiger partial charge in [0.1, 0.15) is 5.01 Å². The second-order valence-corrected chi connectivity index (χ2v) is 6.53. The molecule has 2 aromatic rings. The normalized spacial score (nSPS) is 10.9. The number of aromatic nitrogens is 1. The van der Waals surface area contributed by atoms with Crippen LogP contribution in [-0.4, -0.2) is 29.9 Å². The number of rotatable bonds is 5. The number of halogens is 1. The van der Waals surface area contributed by atoms with E-state index in [1.54, 1.807) is 17.4 Å². The molecule has 1 aromatic heterocycles. The zero-order valence-electron chi connectivity index (χ0n) is 12.3. The lowest BCUT2D eigenvalue weighted by Gasteiger charge is -2.08. The van der Waals surface area contributed by atoms with Crippen LogP contribution in [0, 0.1) is 6.92 Å². The van der Waals surface area contributed by atoms with E-state index in [-0.39, 0.29) is 12.3 Å². The van der Waals surface area contributed by atoms with Gasteiger partial charge in [-0.1, -0.05) is 11.6 Å². The molecule has 1 N–H and O–H groups in total. The van der Waals surface area contributed by atoms with Crippen LogP contribution in [0.25, 0.3) is 0 Å². The Morgan fingerprint density at radius 3 is 2.86 bits per heavy atom. The first kappa shape index (κ1) is 15.9. The number of nitrogens with one attached hydrogen (secondary N) is 1. The Balaban J connectivity index is 1.96. The van der Waals surface area contributed by atoms with Crippen LogP contribution in [0.5, 0.6) is 0 Å². The number of carbonyl (C=O) groups is 1. The summed E-state index contributed by atoms with van der Waals surface area (Å²) >= 11 is 7.48. The van der Waals surface area contributed by atoms with E-state index in [1.165, 1.54) is 0 Å². The zero-order chi connectivity index (χ0) is 15.4. The van der Waals surface area contributed by atoms with Crippen molar-refractivity contribution in [3.05, 3.63) is 44.9 Å². The minimum Gasteiger partial charge on any atom is -0.326 e. The Morgan fingerprint density at radius 2 is 2.19 bits per heavy atom. The van der Waals surface area contributed by atoms with Crippen molar-refractivity contribution in [1.82, 2.24) is 9.88 Å². The Hall–Kier alpha value is -1.43. The Kier molecular flexibility index (Phi) is 5.33. The number of hydrogen-bond donors (Lipinski definition) is 1. The van der Waals surface area contributed by atoms with Gasteiger partial charge in [0.15, 0.2) is 0 Å². The highest BCUT2D eigenvalue weighted by molar-refractivity contribution is 7.09. The predicted molar refractivity (Wildman–Crippen MR) is 88.0 cm³/mol. The maximum Gasteiger partial charge on any atom is 0.230 e.